The number of amides is 1. The lowest BCUT2D eigenvalue weighted by atomic mass is 10.1. The molecule has 0 aromatic carbocycles. The van der Waals surface area contributed by atoms with Gasteiger partial charge in [-0.3, -0.25) is 9.59 Å². The minimum atomic E-state index is -0.303. The molecule has 0 radical (unpaired) electrons. The standard InChI is InChI=1S/C10H16INO3/c1-6(7-3-4-7)9(13)12-5-8(11)10(14)15-2/h6-8H,3-5H2,1-2H3,(H,12,13). The normalized spacial score (nSPS) is 19.1. The van der Waals surface area contributed by atoms with Crippen molar-refractivity contribution in [3.8, 4) is 0 Å². The molecule has 1 aliphatic carbocycles. The van der Waals surface area contributed by atoms with Crippen LogP contribution in [0.3, 0.4) is 0 Å². The zero-order chi connectivity index (χ0) is 11.4. The van der Waals surface area contributed by atoms with Crippen molar-refractivity contribution in [3.05, 3.63) is 0 Å². The fourth-order valence-corrected chi connectivity index (χ4v) is 1.85. The molecule has 1 N–H and O–H groups in total. The summed E-state index contributed by atoms with van der Waals surface area (Å²) in [6.07, 6.45) is 2.30. The van der Waals surface area contributed by atoms with Crippen LogP contribution >= 0.6 is 22.6 Å². The van der Waals surface area contributed by atoms with Gasteiger partial charge < -0.3 is 10.1 Å². The van der Waals surface area contributed by atoms with Gasteiger partial charge >= 0.3 is 5.97 Å². The van der Waals surface area contributed by atoms with Gasteiger partial charge in [-0.1, -0.05) is 29.5 Å². The van der Waals surface area contributed by atoms with Crippen molar-refractivity contribution in [2.24, 2.45) is 11.8 Å². The van der Waals surface area contributed by atoms with Crippen LogP contribution in [0.2, 0.25) is 0 Å². The Kier molecular flexibility index (Phi) is 4.82. The highest BCUT2D eigenvalue weighted by Gasteiger charge is 2.32. The molecule has 0 aromatic rings. The molecule has 5 heteroatoms. The lowest BCUT2D eigenvalue weighted by Gasteiger charge is -2.13. The Morgan fingerprint density at radius 3 is 2.60 bits per heavy atom. The van der Waals surface area contributed by atoms with Gasteiger partial charge in [0.2, 0.25) is 5.91 Å². The molecule has 0 saturated heterocycles. The molecular weight excluding hydrogens is 309 g/mol. The molecule has 0 aromatic heterocycles. The fraction of sp³-hybridized carbons (Fsp3) is 0.800. The summed E-state index contributed by atoms with van der Waals surface area (Å²) in [5.74, 6) is 0.375. The van der Waals surface area contributed by atoms with Gasteiger partial charge in [0.15, 0.2) is 0 Å². The first-order chi connectivity index (χ1) is 7.06. The molecule has 0 heterocycles. The summed E-state index contributed by atoms with van der Waals surface area (Å²) in [5.41, 5.74) is 0. The van der Waals surface area contributed by atoms with Crippen LogP contribution in [0.4, 0.5) is 0 Å². The van der Waals surface area contributed by atoms with Crippen molar-refractivity contribution in [2.45, 2.75) is 23.7 Å². The van der Waals surface area contributed by atoms with E-state index in [1.807, 2.05) is 29.5 Å². The largest absolute Gasteiger partial charge is 0.468 e. The van der Waals surface area contributed by atoms with Crippen molar-refractivity contribution in [1.29, 1.82) is 0 Å². The summed E-state index contributed by atoms with van der Waals surface area (Å²) in [6, 6.07) is 0. The first-order valence-corrected chi connectivity index (χ1v) is 6.30. The average molecular weight is 325 g/mol. The lowest BCUT2D eigenvalue weighted by molar-refractivity contribution is -0.139. The van der Waals surface area contributed by atoms with Crippen LogP contribution < -0.4 is 5.32 Å². The summed E-state index contributed by atoms with van der Waals surface area (Å²) in [4.78, 5) is 22.6. The van der Waals surface area contributed by atoms with Crippen LogP contribution in [-0.2, 0) is 14.3 Å². The van der Waals surface area contributed by atoms with Gasteiger partial charge in [-0.15, -0.1) is 0 Å². The molecule has 0 aliphatic heterocycles. The minimum Gasteiger partial charge on any atom is -0.468 e. The minimum absolute atomic E-state index is 0.0445. The van der Waals surface area contributed by atoms with Gasteiger partial charge in [-0.05, 0) is 18.8 Å². The second-order valence-corrected chi connectivity index (χ2v) is 5.37. The molecule has 1 rings (SSSR count). The van der Waals surface area contributed by atoms with Crippen LogP contribution in [-0.4, -0.2) is 29.5 Å². The predicted molar refractivity (Wildman–Crippen MR) is 64.7 cm³/mol. The average Bonchev–Trinajstić information content (AvgIpc) is 3.06. The van der Waals surface area contributed by atoms with E-state index in [-0.39, 0.29) is 21.7 Å². The van der Waals surface area contributed by atoms with E-state index < -0.39 is 0 Å². The highest BCUT2D eigenvalue weighted by molar-refractivity contribution is 14.1. The molecule has 1 fully saturated rings. The van der Waals surface area contributed by atoms with Crippen LogP contribution in [0.5, 0.6) is 0 Å². The number of carbonyl (C=O) groups excluding carboxylic acids is 2. The van der Waals surface area contributed by atoms with Crippen molar-refractivity contribution in [2.75, 3.05) is 13.7 Å². The second-order valence-electron chi connectivity index (χ2n) is 3.86. The van der Waals surface area contributed by atoms with Gasteiger partial charge in [0.05, 0.1) is 7.11 Å². The van der Waals surface area contributed by atoms with E-state index in [4.69, 9.17) is 0 Å². The molecule has 0 bridgehead atoms. The Bertz CT molecular complexity index is 253. The highest BCUT2D eigenvalue weighted by atomic mass is 127. The number of alkyl halides is 1. The van der Waals surface area contributed by atoms with E-state index in [2.05, 4.69) is 10.1 Å². The maximum absolute atomic E-state index is 11.6. The summed E-state index contributed by atoms with van der Waals surface area (Å²) < 4.78 is 4.26. The number of rotatable bonds is 5. The van der Waals surface area contributed by atoms with Gasteiger partial charge in [0, 0.05) is 12.5 Å². The lowest BCUT2D eigenvalue weighted by Crippen LogP contribution is -2.37. The van der Waals surface area contributed by atoms with E-state index >= 15 is 0 Å². The van der Waals surface area contributed by atoms with E-state index in [0.29, 0.717) is 12.5 Å². The number of carbonyl (C=O) groups is 2. The fourth-order valence-electron chi connectivity index (χ4n) is 1.37. The molecule has 2 atom stereocenters. The number of hydrogen-bond donors (Lipinski definition) is 1. The Morgan fingerprint density at radius 2 is 2.13 bits per heavy atom. The zero-order valence-corrected chi connectivity index (χ0v) is 11.1. The first-order valence-electron chi connectivity index (χ1n) is 5.06. The molecule has 1 saturated carbocycles. The Labute approximate surface area is 103 Å². The van der Waals surface area contributed by atoms with E-state index in [9.17, 15) is 9.59 Å². The molecular formula is C10H16INO3. The Morgan fingerprint density at radius 1 is 1.53 bits per heavy atom. The SMILES string of the molecule is COC(=O)C(I)CNC(=O)C(C)C1CC1. The van der Waals surface area contributed by atoms with E-state index in [1.54, 1.807) is 0 Å². The van der Waals surface area contributed by atoms with Crippen molar-refractivity contribution in [3.63, 3.8) is 0 Å². The van der Waals surface area contributed by atoms with Gasteiger partial charge in [0.1, 0.15) is 3.92 Å². The number of nitrogens with one attached hydrogen (secondary N) is 1. The molecule has 1 aliphatic rings. The maximum atomic E-state index is 11.6. The van der Waals surface area contributed by atoms with Gasteiger partial charge in [-0.25, -0.2) is 0 Å². The van der Waals surface area contributed by atoms with E-state index in [1.165, 1.54) is 7.11 Å². The van der Waals surface area contributed by atoms with E-state index in [0.717, 1.165) is 12.8 Å². The maximum Gasteiger partial charge on any atom is 0.320 e. The smallest absolute Gasteiger partial charge is 0.320 e. The summed E-state index contributed by atoms with van der Waals surface area (Å²) in [5, 5.41) is 2.77. The third kappa shape index (κ3) is 3.96. The van der Waals surface area contributed by atoms with Crippen molar-refractivity contribution < 1.29 is 14.3 Å². The van der Waals surface area contributed by atoms with Crippen LogP contribution in [0.1, 0.15) is 19.8 Å². The third-order valence-corrected chi connectivity index (χ3v) is 3.60. The molecule has 1 amide bonds. The Balaban J connectivity index is 2.23. The number of esters is 1. The molecule has 0 spiro atoms. The molecule has 86 valence electrons. The number of methoxy groups -OCH3 is 1. The van der Waals surface area contributed by atoms with Gasteiger partial charge in [-0.2, -0.15) is 0 Å². The van der Waals surface area contributed by atoms with Crippen LogP contribution in [0.25, 0.3) is 0 Å². The zero-order valence-electron chi connectivity index (χ0n) is 8.96. The summed E-state index contributed by atoms with van der Waals surface area (Å²) in [6.45, 7) is 2.29. The topological polar surface area (TPSA) is 55.4 Å². The van der Waals surface area contributed by atoms with Crippen LogP contribution in [0.15, 0.2) is 0 Å². The summed E-state index contributed by atoms with van der Waals surface area (Å²) >= 11 is 1.97. The second kappa shape index (κ2) is 5.67. The number of ether oxygens (including phenoxy) is 1. The quantitative estimate of drug-likeness (QED) is 0.468. The number of hydrogen-bond acceptors (Lipinski definition) is 3. The van der Waals surface area contributed by atoms with Crippen molar-refractivity contribution in [1.82, 2.24) is 5.32 Å². The molecule has 4 nitrogen and oxygen atoms in total. The third-order valence-electron chi connectivity index (χ3n) is 2.66. The van der Waals surface area contributed by atoms with Crippen LogP contribution in [0, 0.1) is 11.8 Å². The molecule has 15 heavy (non-hydrogen) atoms. The van der Waals surface area contributed by atoms with Crippen molar-refractivity contribution >= 4 is 34.5 Å². The Hall–Kier alpha value is -0.330. The monoisotopic (exact) mass is 325 g/mol. The predicted octanol–water partition coefficient (Wildman–Crippen LogP) is 1.13. The summed E-state index contributed by atoms with van der Waals surface area (Å²) in [7, 11) is 1.35. The van der Waals surface area contributed by atoms with Gasteiger partial charge in [0.25, 0.3) is 0 Å². The first kappa shape index (κ1) is 12.7. The number of halogens is 1. The highest BCUT2D eigenvalue weighted by Crippen LogP contribution is 2.36. The molecule has 2 unspecified atom stereocenters.